The molecule has 0 aromatic heterocycles. The fraction of sp³-hybridized carbons (Fsp3) is 0. The Morgan fingerprint density at radius 3 is 1.06 bits per heavy atom. The lowest BCUT2D eigenvalue weighted by Gasteiger charge is -2.06. The molecule has 0 spiro atoms. The Morgan fingerprint density at radius 2 is 0.743 bits per heavy atom. The van der Waals surface area contributed by atoms with Crippen LogP contribution in [-0.4, -0.2) is 10.2 Å². The van der Waals surface area contributed by atoms with Gasteiger partial charge in [-0.15, -0.1) is 0 Å². The van der Waals surface area contributed by atoms with E-state index in [0.717, 1.165) is 43.1 Å². The molecule has 0 saturated carbocycles. The third-order valence-corrected chi connectivity index (χ3v) is 8.25. The van der Waals surface area contributed by atoms with E-state index in [1.54, 1.807) is 48.2 Å². The predicted molar refractivity (Wildman–Crippen MR) is 150 cm³/mol. The van der Waals surface area contributed by atoms with Crippen LogP contribution in [0.15, 0.2) is 105 Å². The highest BCUT2D eigenvalue weighted by molar-refractivity contribution is 8.14. The summed E-state index contributed by atoms with van der Waals surface area (Å²) >= 11 is 27.8. The van der Waals surface area contributed by atoms with Gasteiger partial charge in [-0.2, -0.15) is 0 Å². The minimum atomic E-state index is -0.127. The van der Waals surface area contributed by atoms with Gasteiger partial charge in [0.1, 0.15) is 0 Å². The van der Waals surface area contributed by atoms with E-state index in [2.05, 4.69) is 0 Å². The first kappa shape index (κ1) is 26.5. The van der Waals surface area contributed by atoms with Crippen molar-refractivity contribution in [3.8, 4) is 0 Å². The number of rotatable bonds is 6. The van der Waals surface area contributed by atoms with E-state index in [1.165, 1.54) is 0 Å². The zero-order valence-corrected chi connectivity index (χ0v) is 23.1. The second kappa shape index (κ2) is 12.1. The third-order valence-electron chi connectivity index (χ3n) is 4.50. The second-order valence-electron chi connectivity index (χ2n) is 7.14. The number of hydrogen-bond donors (Lipinski definition) is 0. The van der Waals surface area contributed by atoms with Crippen molar-refractivity contribution in [1.82, 2.24) is 0 Å². The van der Waals surface area contributed by atoms with Gasteiger partial charge in [-0.3, -0.25) is 9.59 Å². The van der Waals surface area contributed by atoms with Gasteiger partial charge in [0.05, 0.1) is 0 Å². The van der Waals surface area contributed by atoms with E-state index >= 15 is 0 Å². The zero-order valence-electron chi connectivity index (χ0n) is 17.6. The van der Waals surface area contributed by atoms with Crippen molar-refractivity contribution in [2.24, 2.45) is 0 Å². The van der Waals surface area contributed by atoms with Crippen LogP contribution in [0.1, 0.15) is 20.7 Å². The number of carbonyl (C=O) groups is 2. The molecule has 176 valence electrons. The average Bonchev–Trinajstić information content (AvgIpc) is 2.80. The van der Waals surface area contributed by atoms with Gasteiger partial charge in [0.2, 0.25) is 10.2 Å². The number of thioether (sulfide) groups is 2. The summed E-state index contributed by atoms with van der Waals surface area (Å²) in [7, 11) is 0. The van der Waals surface area contributed by atoms with Gasteiger partial charge in [-0.05, 0) is 108 Å². The van der Waals surface area contributed by atoms with Crippen LogP contribution in [0.3, 0.4) is 0 Å². The number of halogens is 4. The van der Waals surface area contributed by atoms with E-state index in [-0.39, 0.29) is 10.2 Å². The molecule has 0 heterocycles. The van der Waals surface area contributed by atoms with Crippen LogP contribution in [0.5, 0.6) is 0 Å². The number of hydrogen-bond acceptors (Lipinski definition) is 5. The second-order valence-corrected chi connectivity index (χ2v) is 12.1. The summed E-state index contributed by atoms with van der Waals surface area (Å²) in [5, 5.41) is 1.45. The Morgan fingerprint density at radius 1 is 0.457 bits per heavy atom. The molecular formula is C26H14Cl4O2S3. The van der Waals surface area contributed by atoms with Crippen LogP contribution >= 0.6 is 81.7 Å². The largest absolute Gasteiger partial charge is 0.281 e. The molecule has 0 N–H and O–H groups in total. The van der Waals surface area contributed by atoms with E-state index in [0.29, 0.717) is 31.2 Å². The summed E-state index contributed by atoms with van der Waals surface area (Å²) in [4.78, 5) is 28.7. The van der Waals surface area contributed by atoms with Gasteiger partial charge in [0, 0.05) is 50.8 Å². The van der Waals surface area contributed by atoms with Crippen LogP contribution in [0.25, 0.3) is 0 Å². The Bertz CT molecular complexity index is 1240. The molecule has 4 aromatic rings. The van der Waals surface area contributed by atoms with Crippen LogP contribution < -0.4 is 0 Å². The minimum Gasteiger partial charge on any atom is -0.281 e. The van der Waals surface area contributed by atoms with Crippen LogP contribution in [0, 0.1) is 0 Å². The monoisotopic (exact) mass is 594 g/mol. The predicted octanol–water partition coefficient (Wildman–Crippen LogP) is 10.3. The highest BCUT2D eigenvalue weighted by atomic mass is 35.5. The van der Waals surface area contributed by atoms with E-state index in [1.807, 2.05) is 48.5 Å². The van der Waals surface area contributed by atoms with Crippen LogP contribution in [0.2, 0.25) is 20.1 Å². The van der Waals surface area contributed by atoms with Crippen molar-refractivity contribution in [1.29, 1.82) is 0 Å². The lowest BCUT2D eigenvalue weighted by Crippen LogP contribution is -1.93. The highest BCUT2D eigenvalue weighted by Gasteiger charge is 2.12. The molecule has 0 aliphatic rings. The number of benzene rings is 4. The fourth-order valence-corrected chi connectivity index (χ4v) is 6.28. The molecule has 0 atom stereocenters. The molecule has 0 aliphatic heterocycles. The first-order chi connectivity index (χ1) is 16.7. The summed E-state index contributed by atoms with van der Waals surface area (Å²) in [5.41, 5.74) is 0.918. The fourth-order valence-electron chi connectivity index (χ4n) is 2.96. The van der Waals surface area contributed by atoms with Gasteiger partial charge < -0.3 is 0 Å². The summed E-state index contributed by atoms with van der Waals surface area (Å²) in [6, 6.07) is 25.0. The molecular weight excluding hydrogens is 582 g/mol. The van der Waals surface area contributed by atoms with Crippen LogP contribution in [0.4, 0.5) is 0 Å². The Kier molecular flexibility index (Phi) is 9.17. The zero-order chi connectivity index (χ0) is 24.9. The number of carbonyl (C=O) groups excluding carboxylic acids is 2. The summed E-state index contributed by atoms with van der Waals surface area (Å²) in [6.45, 7) is 0. The van der Waals surface area contributed by atoms with Gasteiger partial charge in [0.25, 0.3) is 0 Å². The molecule has 0 bridgehead atoms. The van der Waals surface area contributed by atoms with E-state index in [4.69, 9.17) is 46.4 Å². The van der Waals surface area contributed by atoms with Crippen molar-refractivity contribution in [3.63, 3.8) is 0 Å². The van der Waals surface area contributed by atoms with Gasteiger partial charge in [0.15, 0.2) is 0 Å². The normalized spacial score (nSPS) is 10.9. The van der Waals surface area contributed by atoms with Crippen molar-refractivity contribution in [2.45, 2.75) is 19.6 Å². The molecule has 0 saturated heterocycles. The topological polar surface area (TPSA) is 34.1 Å². The quantitative estimate of drug-likeness (QED) is 0.207. The molecule has 0 fully saturated rings. The Hall–Kier alpha value is -1.57. The molecule has 4 rings (SSSR count). The van der Waals surface area contributed by atoms with Gasteiger partial charge in [-0.25, -0.2) is 0 Å². The molecule has 0 aliphatic carbocycles. The van der Waals surface area contributed by atoms with Crippen molar-refractivity contribution < 1.29 is 9.59 Å². The van der Waals surface area contributed by atoms with Crippen molar-refractivity contribution in [3.05, 3.63) is 116 Å². The minimum absolute atomic E-state index is 0.127. The lowest BCUT2D eigenvalue weighted by atomic mass is 10.2. The maximum atomic E-state index is 12.5. The first-order valence-electron chi connectivity index (χ1n) is 10.00. The molecule has 35 heavy (non-hydrogen) atoms. The van der Waals surface area contributed by atoms with Gasteiger partial charge >= 0.3 is 0 Å². The molecule has 4 aromatic carbocycles. The molecule has 0 unspecified atom stereocenters. The standard InChI is InChI=1S/C26H14Cl4O2S3/c27-17-9-15(10-18(28)13-17)25(31)34-23-5-1-21(2-6-23)33-22-3-7-24(8-4-22)35-26(32)16-11-19(29)14-20(30)12-16/h1-14H. The Labute approximate surface area is 235 Å². The maximum Gasteiger partial charge on any atom is 0.224 e. The average molecular weight is 596 g/mol. The lowest BCUT2D eigenvalue weighted by molar-refractivity contribution is 0.108. The van der Waals surface area contributed by atoms with Crippen LogP contribution in [-0.2, 0) is 0 Å². The maximum absolute atomic E-state index is 12.5. The first-order valence-corrected chi connectivity index (χ1v) is 14.0. The summed E-state index contributed by atoms with van der Waals surface area (Å²) in [5.74, 6) is 0. The van der Waals surface area contributed by atoms with E-state index in [9.17, 15) is 9.59 Å². The summed E-state index contributed by atoms with van der Waals surface area (Å²) < 4.78 is 0. The molecule has 9 heteroatoms. The third kappa shape index (κ3) is 7.70. The van der Waals surface area contributed by atoms with Crippen molar-refractivity contribution in [2.75, 3.05) is 0 Å². The molecule has 0 radical (unpaired) electrons. The van der Waals surface area contributed by atoms with Gasteiger partial charge in [-0.1, -0.05) is 58.2 Å². The summed E-state index contributed by atoms with van der Waals surface area (Å²) in [6.07, 6.45) is 0. The smallest absolute Gasteiger partial charge is 0.224 e. The molecule has 0 amide bonds. The SMILES string of the molecule is O=C(Sc1ccc(Sc2ccc(SC(=O)c3cc(Cl)cc(Cl)c3)cc2)cc1)c1cc(Cl)cc(Cl)c1. The highest BCUT2D eigenvalue weighted by Crippen LogP contribution is 2.33. The molecule has 2 nitrogen and oxygen atoms in total. The Balaban J connectivity index is 1.35. The van der Waals surface area contributed by atoms with E-state index < -0.39 is 0 Å². The van der Waals surface area contributed by atoms with Crippen molar-refractivity contribution >= 4 is 91.9 Å².